The molecule has 0 unspecified atom stereocenters. The molecule has 114 valence electrons. The molecule has 0 fully saturated rings. The molecule has 4 heteroatoms. The summed E-state index contributed by atoms with van der Waals surface area (Å²) in [4.78, 5) is 13.8. The molecule has 3 aromatic rings. The first-order chi connectivity index (χ1) is 10.5. The minimum Gasteiger partial charge on any atom is -0.394 e. The Balaban J connectivity index is 0.000000188. The number of pyridine rings is 1. The molecule has 0 amide bonds. The molecule has 0 radical (unpaired) electrons. The zero-order chi connectivity index (χ0) is 16.1. The maximum absolute atomic E-state index is 13.4. The summed E-state index contributed by atoms with van der Waals surface area (Å²) in [6, 6.07) is 15.1. The minimum atomic E-state index is -0.464. The van der Waals surface area contributed by atoms with E-state index >= 15 is 0 Å². The number of aryl methyl sites for hydroxylation is 2. The zero-order valence-electron chi connectivity index (χ0n) is 12.7. The number of hydrogen-bond donors (Lipinski definition) is 2. The van der Waals surface area contributed by atoms with Crippen molar-refractivity contribution in [3.05, 3.63) is 76.0 Å². The standard InChI is InChI=1S/C10H9FN2O.C8H10/c1-5-6-3-2-4-7(11)8(6)9(12)10(14)13-5;1-2-8-6-4-3-5-7-8/h2-4H,12H2,1H3,(H,13,14);3-7H,2H2,1H3. The van der Waals surface area contributed by atoms with Crippen molar-refractivity contribution >= 4 is 16.5 Å². The van der Waals surface area contributed by atoms with Crippen LogP contribution in [0.4, 0.5) is 10.1 Å². The van der Waals surface area contributed by atoms with Crippen molar-refractivity contribution in [1.82, 2.24) is 4.98 Å². The molecule has 3 N–H and O–H groups in total. The largest absolute Gasteiger partial charge is 0.394 e. The second-order valence-electron chi connectivity index (χ2n) is 4.99. The third-order valence-electron chi connectivity index (χ3n) is 3.48. The van der Waals surface area contributed by atoms with E-state index in [1.54, 1.807) is 19.1 Å². The molecule has 3 nitrogen and oxygen atoms in total. The highest BCUT2D eigenvalue weighted by Gasteiger charge is 2.09. The van der Waals surface area contributed by atoms with E-state index in [0.29, 0.717) is 11.1 Å². The predicted molar refractivity (Wildman–Crippen MR) is 89.5 cm³/mol. The fraction of sp³-hybridized carbons (Fsp3) is 0.167. The van der Waals surface area contributed by atoms with Crippen LogP contribution in [0.25, 0.3) is 10.8 Å². The third kappa shape index (κ3) is 3.34. The van der Waals surface area contributed by atoms with Gasteiger partial charge in [0.25, 0.3) is 5.56 Å². The van der Waals surface area contributed by atoms with Crippen molar-refractivity contribution in [3.63, 3.8) is 0 Å². The Morgan fingerprint density at radius 1 is 1.09 bits per heavy atom. The molecule has 0 saturated carbocycles. The van der Waals surface area contributed by atoms with Gasteiger partial charge in [0.1, 0.15) is 11.5 Å². The molecular formula is C18H19FN2O. The van der Waals surface area contributed by atoms with Gasteiger partial charge in [0, 0.05) is 16.5 Å². The lowest BCUT2D eigenvalue weighted by molar-refractivity contribution is 0.640. The highest BCUT2D eigenvalue weighted by Crippen LogP contribution is 2.22. The number of H-pyrrole nitrogens is 1. The molecule has 0 saturated heterocycles. The van der Waals surface area contributed by atoms with E-state index < -0.39 is 11.4 Å². The van der Waals surface area contributed by atoms with Gasteiger partial charge in [-0.3, -0.25) is 4.79 Å². The summed E-state index contributed by atoms with van der Waals surface area (Å²) in [7, 11) is 0. The van der Waals surface area contributed by atoms with Crippen molar-refractivity contribution < 1.29 is 4.39 Å². The summed E-state index contributed by atoms with van der Waals surface area (Å²) >= 11 is 0. The molecule has 22 heavy (non-hydrogen) atoms. The Labute approximate surface area is 128 Å². The molecule has 0 aliphatic heterocycles. The number of aromatic nitrogens is 1. The lowest BCUT2D eigenvalue weighted by atomic mass is 10.1. The average molecular weight is 298 g/mol. The third-order valence-corrected chi connectivity index (χ3v) is 3.48. The van der Waals surface area contributed by atoms with E-state index in [4.69, 9.17) is 5.73 Å². The van der Waals surface area contributed by atoms with E-state index in [1.807, 2.05) is 6.07 Å². The maximum atomic E-state index is 13.4. The average Bonchev–Trinajstić information content (AvgIpc) is 2.54. The van der Waals surface area contributed by atoms with Crippen LogP contribution in [-0.4, -0.2) is 4.98 Å². The zero-order valence-corrected chi connectivity index (χ0v) is 12.7. The Morgan fingerprint density at radius 3 is 2.36 bits per heavy atom. The number of halogens is 1. The lowest BCUT2D eigenvalue weighted by Crippen LogP contribution is -2.14. The topological polar surface area (TPSA) is 58.9 Å². The number of aromatic amines is 1. The number of hydrogen-bond acceptors (Lipinski definition) is 2. The molecule has 1 heterocycles. The van der Waals surface area contributed by atoms with Gasteiger partial charge in [-0.05, 0) is 25.0 Å². The molecule has 0 atom stereocenters. The van der Waals surface area contributed by atoms with E-state index in [0.717, 1.165) is 6.42 Å². The number of benzene rings is 2. The smallest absolute Gasteiger partial charge is 0.272 e. The number of nitrogens with two attached hydrogens (primary N) is 1. The molecule has 2 aromatic carbocycles. The first kappa shape index (κ1) is 15.8. The second-order valence-corrected chi connectivity index (χ2v) is 4.99. The van der Waals surface area contributed by atoms with Crippen LogP contribution in [0.1, 0.15) is 18.2 Å². The van der Waals surface area contributed by atoms with Crippen molar-refractivity contribution in [3.8, 4) is 0 Å². The van der Waals surface area contributed by atoms with Gasteiger partial charge in [0.05, 0.1) is 0 Å². The quantitative estimate of drug-likeness (QED) is 0.717. The van der Waals surface area contributed by atoms with Crippen LogP contribution in [0.15, 0.2) is 53.3 Å². The van der Waals surface area contributed by atoms with Crippen LogP contribution in [0.2, 0.25) is 0 Å². The lowest BCUT2D eigenvalue weighted by Gasteiger charge is -2.05. The summed E-state index contributed by atoms with van der Waals surface area (Å²) in [5.41, 5.74) is 7.03. The van der Waals surface area contributed by atoms with Crippen molar-refractivity contribution in [2.24, 2.45) is 0 Å². The van der Waals surface area contributed by atoms with E-state index in [1.165, 1.54) is 11.6 Å². The van der Waals surface area contributed by atoms with Crippen molar-refractivity contribution in [1.29, 1.82) is 0 Å². The van der Waals surface area contributed by atoms with Gasteiger partial charge >= 0.3 is 0 Å². The van der Waals surface area contributed by atoms with Crippen LogP contribution in [-0.2, 0) is 6.42 Å². The first-order valence-corrected chi connectivity index (χ1v) is 7.15. The molecule has 0 aliphatic carbocycles. The summed E-state index contributed by atoms with van der Waals surface area (Å²) in [6.45, 7) is 3.87. The van der Waals surface area contributed by atoms with E-state index in [-0.39, 0.29) is 11.1 Å². The van der Waals surface area contributed by atoms with Crippen molar-refractivity contribution in [2.75, 3.05) is 5.73 Å². The van der Waals surface area contributed by atoms with Gasteiger partial charge in [-0.25, -0.2) is 4.39 Å². The summed E-state index contributed by atoms with van der Waals surface area (Å²) in [5.74, 6) is -0.464. The van der Waals surface area contributed by atoms with E-state index in [9.17, 15) is 9.18 Å². The summed E-state index contributed by atoms with van der Waals surface area (Å²) < 4.78 is 13.4. The Morgan fingerprint density at radius 2 is 1.77 bits per heavy atom. The first-order valence-electron chi connectivity index (χ1n) is 7.15. The number of anilines is 1. The van der Waals surface area contributed by atoms with Gasteiger partial charge in [0.2, 0.25) is 0 Å². The fourth-order valence-electron chi connectivity index (χ4n) is 2.24. The van der Waals surface area contributed by atoms with Crippen LogP contribution in [0.5, 0.6) is 0 Å². The molecule has 0 spiro atoms. The highest BCUT2D eigenvalue weighted by atomic mass is 19.1. The minimum absolute atomic E-state index is 0.0660. The highest BCUT2D eigenvalue weighted by molar-refractivity contribution is 5.94. The van der Waals surface area contributed by atoms with Gasteiger partial charge in [-0.2, -0.15) is 0 Å². The number of nitrogen functional groups attached to an aromatic ring is 1. The normalized spacial score (nSPS) is 10.1. The second kappa shape index (κ2) is 6.89. The maximum Gasteiger partial charge on any atom is 0.272 e. The number of rotatable bonds is 1. The molecule has 1 aromatic heterocycles. The number of nitrogens with one attached hydrogen (secondary N) is 1. The Kier molecular flexibility index (Phi) is 4.94. The molecule has 0 bridgehead atoms. The number of fused-ring (bicyclic) bond motifs is 1. The van der Waals surface area contributed by atoms with Crippen LogP contribution >= 0.6 is 0 Å². The molecule has 3 rings (SSSR count). The molecular weight excluding hydrogens is 279 g/mol. The van der Waals surface area contributed by atoms with Gasteiger partial charge in [-0.15, -0.1) is 0 Å². The summed E-state index contributed by atoms with van der Waals surface area (Å²) in [5, 5.41) is 0.843. The Bertz CT molecular complexity index is 826. The van der Waals surface area contributed by atoms with Crippen LogP contribution in [0, 0.1) is 12.7 Å². The van der Waals surface area contributed by atoms with E-state index in [2.05, 4.69) is 36.2 Å². The van der Waals surface area contributed by atoms with Crippen LogP contribution < -0.4 is 11.3 Å². The van der Waals surface area contributed by atoms with Crippen LogP contribution in [0.3, 0.4) is 0 Å². The van der Waals surface area contributed by atoms with Gasteiger partial charge in [0.15, 0.2) is 0 Å². The fourth-order valence-corrected chi connectivity index (χ4v) is 2.24. The predicted octanol–water partition coefficient (Wildman–Crippen LogP) is 3.81. The van der Waals surface area contributed by atoms with Gasteiger partial charge in [-0.1, -0.05) is 49.4 Å². The SMILES string of the molecule is CCc1ccccc1.Cc1[nH]c(=O)c(N)c2c(F)cccc12. The summed E-state index contributed by atoms with van der Waals surface area (Å²) in [6.07, 6.45) is 1.14. The monoisotopic (exact) mass is 298 g/mol. The molecule has 0 aliphatic rings. The van der Waals surface area contributed by atoms with Gasteiger partial charge < -0.3 is 10.7 Å². The van der Waals surface area contributed by atoms with Crippen molar-refractivity contribution in [2.45, 2.75) is 20.3 Å². The Hall–Kier alpha value is -2.62.